The number of hydrogen-bond acceptors (Lipinski definition) is 7. The fourth-order valence-corrected chi connectivity index (χ4v) is 7.14. The van der Waals surface area contributed by atoms with Gasteiger partial charge in [0, 0.05) is 42.3 Å². The summed E-state index contributed by atoms with van der Waals surface area (Å²) in [6, 6.07) is 17.2. The summed E-state index contributed by atoms with van der Waals surface area (Å²) in [7, 11) is 6.11. The van der Waals surface area contributed by atoms with Crippen molar-refractivity contribution in [1.82, 2.24) is 20.1 Å². The van der Waals surface area contributed by atoms with Crippen LogP contribution in [0, 0.1) is 5.92 Å². The van der Waals surface area contributed by atoms with Crippen molar-refractivity contribution >= 4 is 34.8 Å². The Morgan fingerprint density at radius 3 is 2.10 bits per heavy atom. The summed E-state index contributed by atoms with van der Waals surface area (Å²) in [6.45, 7) is 2.38. The molecule has 266 valence electrons. The van der Waals surface area contributed by atoms with Crippen molar-refractivity contribution in [2.75, 3.05) is 40.8 Å². The number of carboxylic acid groups (broad SMARTS) is 3. The van der Waals surface area contributed by atoms with Crippen molar-refractivity contribution in [2.24, 2.45) is 5.92 Å². The molecule has 13 nitrogen and oxygen atoms in total. The van der Waals surface area contributed by atoms with Gasteiger partial charge >= 0.3 is 23.9 Å². The normalized spacial score (nSPS) is 19.9. The number of urea groups is 1. The monoisotopic (exact) mass is 680 g/mol. The molecule has 0 unspecified atom stereocenters. The lowest BCUT2D eigenvalue weighted by Crippen LogP contribution is -2.48. The number of hydrogen-bond donors (Lipinski definition) is 6. The molecule has 3 aromatic rings. The van der Waals surface area contributed by atoms with E-state index in [-0.39, 0.29) is 11.6 Å². The van der Waals surface area contributed by atoms with Crippen molar-refractivity contribution in [1.29, 1.82) is 0 Å². The molecular formula is C36H48N4O9. The van der Waals surface area contributed by atoms with E-state index < -0.39 is 36.4 Å². The molecule has 49 heavy (non-hydrogen) atoms. The van der Waals surface area contributed by atoms with Gasteiger partial charge in [0.1, 0.15) is 5.75 Å². The molecule has 1 aliphatic carbocycles. The van der Waals surface area contributed by atoms with Gasteiger partial charge in [-0.05, 0) is 93.8 Å². The van der Waals surface area contributed by atoms with Crippen LogP contribution in [0.2, 0.25) is 0 Å². The first kappa shape index (κ1) is 37.2. The number of carbonyl (C=O) groups excluding carboxylic acids is 1. The van der Waals surface area contributed by atoms with E-state index in [2.05, 4.69) is 78.0 Å². The van der Waals surface area contributed by atoms with Crippen molar-refractivity contribution in [3.8, 4) is 5.75 Å². The van der Waals surface area contributed by atoms with Gasteiger partial charge in [0.15, 0.2) is 5.60 Å². The zero-order valence-electron chi connectivity index (χ0n) is 28.4. The maximum atomic E-state index is 13.0. The van der Waals surface area contributed by atoms with E-state index in [1.807, 2.05) is 11.0 Å². The third-order valence-corrected chi connectivity index (χ3v) is 10.1. The van der Waals surface area contributed by atoms with E-state index in [9.17, 15) is 19.2 Å². The lowest BCUT2D eigenvalue weighted by Gasteiger charge is -2.45. The molecule has 1 aliphatic heterocycles. The predicted molar refractivity (Wildman–Crippen MR) is 183 cm³/mol. The van der Waals surface area contributed by atoms with Gasteiger partial charge in [-0.1, -0.05) is 30.3 Å². The van der Waals surface area contributed by atoms with Crippen molar-refractivity contribution < 1.29 is 44.3 Å². The van der Waals surface area contributed by atoms with E-state index >= 15 is 0 Å². The van der Waals surface area contributed by atoms with Crippen LogP contribution in [0.5, 0.6) is 5.75 Å². The second-order valence-electron chi connectivity index (χ2n) is 13.3. The molecule has 2 aliphatic rings. The zero-order chi connectivity index (χ0) is 35.8. The minimum atomic E-state index is -2.74. The lowest BCUT2D eigenvalue weighted by molar-refractivity contribution is -0.170. The summed E-state index contributed by atoms with van der Waals surface area (Å²) in [5.74, 6) is -3.13. The third-order valence-electron chi connectivity index (χ3n) is 10.1. The van der Waals surface area contributed by atoms with Gasteiger partial charge in [0.2, 0.25) is 0 Å². The van der Waals surface area contributed by atoms with Gasteiger partial charge < -0.3 is 40.4 Å². The Morgan fingerprint density at radius 1 is 0.959 bits per heavy atom. The van der Waals surface area contributed by atoms with Crippen LogP contribution in [0.3, 0.4) is 0 Å². The number of aromatic nitrogens is 1. The number of piperidine rings is 1. The number of methoxy groups -OCH3 is 1. The molecule has 0 bridgehead atoms. The first-order valence-electron chi connectivity index (χ1n) is 16.6. The molecule has 6 N–H and O–H groups in total. The molecule has 2 fully saturated rings. The van der Waals surface area contributed by atoms with E-state index in [0.717, 1.165) is 69.4 Å². The highest BCUT2D eigenvalue weighted by molar-refractivity contribution is 5.88. The summed E-state index contributed by atoms with van der Waals surface area (Å²) in [5.41, 5.74) is 1.26. The smallest absolute Gasteiger partial charge is 0.336 e. The zero-order valence-corrected chi connectivity index (χ0v) is 28.4. The Morgan fingerprint density at radius 2 is 1.57 bits per heavy atom. The van der Waals surface area contributed by atoms with E-state index in [0.29, 0.717) is 11.8 Å². The highest BCUT2D eigenvalue weighted by atomic mass is 16.5. The standard InChI is InChI=1S/C30H40N4O2.C6H8O7/c1-33(2)30(24-7-5-4-6-8-24)15-11-22(12-16-30)20-32-29(35)34-17-13-23(14-18-34)27-21-31-28-10-9-25(36-3)19-26(27)28;7-3(8)1-6(13,5(11)12)2-4(9)10/h4-10,19,21-23,31H,11-18,20H2,1-3H3,(H,32,35);13H,1-2H2,(H,7,8)(H,9,10)(H,11,12). The number of benzene rings is 2. The molecule has 2 aromatic carbocycles. The molecule has 1 saturated heterocycles. The van der Waals surface area contributed by atoms with Crippen LogP contribution in [0.25, 0.3) is 10.9 Å². The fourth-order valence-electron chi connectivity index (χ4n) is 7.14. The largest absolute Gasteiger partial charge is 0.497 e. The van der Waals surface area contributed by atoms with Crippen LogP contribution in [-0.4, -0.2) is 106 Å². The number of nitrogens with one attached hydrogen (secondary N) is 2. The maximum absolute atomic E-state index is 13.0. The fraction of sp³-hybridized carbons (Fsp3) is 0.500. The highest BCUT2D eigenvalue weighted by Crippen LogP contribution is 2.43. The average Bonchev–Trinajstić information content (AvgIpc) is 3.50. The van der Waals surface area contributed by atoms with Crippen LogP contribution < -0.4 is 10.1 Å². The maximum Gasteiger partial charge on any atom is 0.336 e. The first-order valence-corrected chi connectivity index (χ1v) is 16.6. The number of aromatic amines is 1. The second-order valence-corrected chi connectivity index (χ2v) is 13.3. The Kier molecular flexibility index (Phi) is 12.3. The molecular weight excluding hydrogens is 632 g/mol. The number of fused-ring (bicyclic) bond motifs is 1. The van der Waals surface area contributed by atoms with E-state index in [1.165, 1.54) is 16.5 Å². The number of likely N-dealkylation sites (tertiary alicyclic amines) is 1. The Balaban J connectivity index is 0.000000355. The molecule has 0 spiro atoms. The Bertz CT molecular complexity index is 1570. The number of H-pyrrole nitrogens is 1. The third kappa shape index (κ3) is 9.09. The SMILES string of the molecule is COc1ccc2[nH]cc(C3CCN(C(=O)NCC4CCC(c5ccccc5)(N(C)C)CC4)CC3)c2c1.O=C(O)CC(O)(CC(=O)O)C(=O)O. The number of carbonyl (C=O) groups is 4. The van der Waals surface area contributed by atoms with Crippen molar-refractivity contribution in [3.63, 3.8) is 0 Å². The van der Waals surface area contributed by atoms with Gasteiger partial charge in [-0.15, -0.1) is 0 Å². The van der Waals surface area contributed by atoms with Crippen molar-refractivity contribution in [2.45, 2.75) is 68.4 Å². The molecule has 2 heterocycles. The number of amides is 2. The number of rotatable bonds is 11. The summed E-state index contributed by atoms with van der Waals surface area (Å²) in [4.78, 5) is 51.3. The second kappa shape index (κ2) is 16.2. The van der Waals surface area contributed by atoms with Crippen LogP contribution in [-0.2, 0) is 19.9 Å². The van der Waals surface area contributed by atoms with Crippen molar-refractivity contribution in [3.05, 3.63) is 65.9 Å². The van der Waals surface area contributed by atoms with Crippen LogP contribution in [0.4, 0.5) is 4.79 Å². The predicted octanol–water partition coefficient (Wildman–Crippen LogP) is 4.46. The topological polar surface area (TPSA) is 193 Å². The average molecular weight is 681 g/mol. The summed E-state index contributed by atoms with van der Waals surface area (Å²) in [5, 5.41) is 38.3. The van der Waals surface area contributed by atoms with Crippen LogP contribution in [0.15, 0.2) is 54.7 Å². The number of carboxylic acids is 3. The molecule has 1 aromatic heterocycles. The van der Waals surface area contributed by atoms with E-state index in [4.69, 9.17) is 25.2 Å². The van der Waals surface area contributed by atoms with Gasteiger partial charge in [-0.25, -0.2) is 9.59 Å². The van der Waals surface area contributed by atoms with E-state index in [1.54, 1.807) is 7.11 Å². The molecule has 0 atom stereocenters. The molecule has 5 rings (SSSR count). The number of ether oxygens (including phenoxy) is 1. The number of nitrogens with zero attached hydrogens (tertiary/aromatic N) is 2. The molecule has 2 amide bonds. The minimum absolute atomic E-state index is 0.0987. The summed E-state index contributed by atoms with van der Waals surface area (Å²) in [6.07, 6.45) is 6.36. The summed E-state index contributed by atoms with van der Waals surface area (Å²) < 4.78 is 5.43. The van der Waals surface area contributed by atoms with Crippen LogP contribution in [0.1, 0.15) is 68.4 Å². The van der Waals surface area contributed by atoms with Gasteiger partial charge in [0.25, 0.3) is 0 Å². The molecule has 0 radical (unpaired) electrons. The van der Waals surface area contributed by atoms with Gasteiger partial charge in [-0.2, -0.15) is 0 Å². The molecule has 1 saturated carbocycles. The summed E-state index contributed by atoms with van der Waals surface area (Å²) >= 11 is 0. The minimum Gasteiger partial charge on any atom is -0.497 e. The number of aliphatic hydroxyl groups is 1. The Labute approximate surface area is 285 Å². The van der Waals surface area contributed by atoms with Gasteiger partial charge in [-0.3, -0.25) is 14.5 Å². The quantitative estimate of drug-likeness (QED) is 0.168. The highest BCUT2D eigenvalue weighted by Gasteiger charge is 2.41. The lowest BCUT2D eigenvalue weighted by atomic mass is 9.72. The van der Waals surface area contributed by atoms with Gasteiger partial charge in [0.05, 0.1) is 20.0 Å². The number of aliphatic carboxylic acids is 3. The Hall–Kier alpha value is -4.62. The van der Waals surface area contributed by atoms with Crippen LogP contribution >= 0.6 is 0 Å². The molecule has 13 heteroatoms. The first-order chi connectivity index (χ1) is 23.3.